The summed E-state index contributed by atoms with van der Waals surface area (Å²) in [5.74, 6) is -2.78. The zero-order valence-electron chi connectivity index (χ0n) is 22.9. The van der Waals surface area contributed by atoms with Gasteiger partial charge in [0.2, 0.25) is 0 Å². The van der Waals surface area contributed by atoms with Crippen LogP contribution in [0.3, 0.4) is 0 Å². The van der Waals surface area contributed by atoms with Crippen LogP contribution >= 0.6 is 0 Å². The summed E-state index contributed by atoms with van der Waals surface area (Å²) in [4.78, 5) is 20.5. The lowest BCUT2D eigenvalue weighted by atomic mass is 9.83. The summed E-state index contributed by atoms with van der Waals surface area (Å²) >= 11 is 0. The molecule has 0 amide bonds. The Hall–Kier alpha value is -3.88. The van der Waals surface area contributed by atoms with Crippen LogP contribution in [0.15, 0.2) is 72.8 Å². The van der Waals surface area contributed by atoms with Gasteiger partial charge in [0.1, 0.15) is 12.4 Å². The average Bonchev–Trinajstić information content (AvgIpc) is 2.89. The van der Waals surface area contributed by atoms with Crippen LogP contribution in [-0.2, 0) is 29.2 Å². The number of nitrogens with zero attached hydrogens (tertiary/aromatic N) is 1. The summed E-state index contributed by atoms with van der Waals surface area (Å²) in [6, 6.07) is 24.9. The highest BCUT2D eigenvalue weighted by Crippen LogP contribution is 2.42. The second kappa shape index (κ2) is 13.3. The van der Waals surface area contributed by atoms with Crippen molar-refractivity contribution in [3.8, 4) is 5.75 Å². The van der Waals surface area contributed by atoms with E-state index in [1.54, 1.807) is 0 Å². The first-order valence-electron chi connectivity index (χ1n) is 13.0. The number of carbonyl (C=O) groups is 2. The molecule has 4 rings (SSSR count). The molecule has 0 aromatic heterocycles. The Morgan fingerprint density at radius 2 is 1.49 bits per heavy atom. The molecule has 1 aliphatic carbocycles. The predicted octanol–water partition coefficient (Wildman–Crippen LogP) is 4.79. The highest BCUT2D eigenvalue weighted by atomic mass is 16.5. The van der Waals surface area contributed by atoms with Crippen LogP contribution in [0.25, 0.3) is 0 Å². The first kappa shape index (κ1) is 29.7. The number of benzene rings is 3. The van der Waals surface area contributed by atoms with Crippen molar-refractivity contribution >= 4 is 17.6 Å². The number of anilines is 1. The van der Waals surface area contributed by atoms with E-state index in [1.165, 1.54) is 11.1 Å². The third-order valence-corrected chi connectivity index (χ3v) is 6.37. The summed E-state index contributed by atoms with van der Waals surface area (Å²) in [5.41, 5.74) is 5.62. The van der Waals surface area contributed by atoms with Gasteiger partial charge < -0.3 is 30.3 Å². The van der Waals surface area contributed by atoms with Crippen LogP contribution in [0.1, 0.15) is 55.5 Å². The van der Waals surface area contributed by atoms with Gasteiger partial charge in [0.05, 0.1) is 11.8 Å². The Morgan fingerprint density at radius 1 is 0.923 bits per heavy atom. The van der Waals surface area contributed by atoms with Crippen LogP contribution in [0.2, 0.25) is 0 Å². The number of ether oxygens (including phenoxy) is 1. The normalized spacial score (nSPS) is 16.3. The molecule has 0 heterocycles. The van der Waals surface area contributed by atoms with E-state index in [0.29, 0.717) is 6.61 Å². The number of hydrogen-bond acceptors (Lipinski definition) is 6. The fourth-order valence-corrected chi connectivity index (χ4v) is 4.76. The van der Waals surface area contributed by atoms with E-state index in [-0.39, 0.29) is 11.6 Å². The number of aliphatic hydroxyl groups excluding tert-OH is 1. The average molecular weight is 535 g/mol. The number of fused-ring (bicyclic) bond motifs is 1. The zero-order valence-corrected chi connectivity index (χ0v) is 22.9. The molecule has 3 aromatic carbocycles. The Bertz CT molecular complexity index is 1230. The maximum atomic E-state index is 11.3. The highest BCUT2D eigenvalue weighted by molar-refractivity contribution is 6.27. The van der Waals surface area contributed by atoms with Crippen LogP contribution in [0, 0.1) is 0 Å². The Balaban J connectivity index is 0.000000631. The van der Waals surface area contributed by atoms with E-state index in [2.05, 4.69) is 80.5 Å². The SMILES string of the molecule is CN(Cc1ccccc1)c1c(OCc2ccccc2)ccc2c1CC[C@@H](NC(C)(C)C)[C@@H]2O.O=C(O)C(=O)O. The fraction of sp³-hybridized carbons (Fsp3) is 0.355. The minimum Gasteiger partial charge on any atom is -0.487 e. The van der Waals surface area contributed by atoms with Crippen molar-refractivity contribution in [2.24, 2.45) is 0 Å². The third-order valence-electron chi connectivity index (χ3n) is 6.37. The van der Waals surface area contributed by atoms with Gasteiger partial charge in [0, 0.05) is 25.2 Å². The number of rotatable bonds is 7. The van der Waals surface area contributed by atoms with E-state index in [0.717, 1.165) is 42.0 Å². The minimum atomic E-state index is -1.82. The van der Waals surface area contributed by atoms with Gasteiger partial charge in [-0.3, -0.25) is 0 Å². The minimum absolute atomic E-state index is 0.0425. The van der Waals surface area contributed by atoms with Gasteiger partial charge in [-0.2, -0.15) is 0 Å². The highest BCUT2D eigenvalue weighted by Gasteiger charge is 2.33. The van der Waals surface area contributed by atoms with Crippen molar-refractivity contribution in [3.05, 3.63) is 95.1 Å². The topological polar surface area (TPSA) is 119 Å². The molecule has 39 heavy (non-hydrogen) atoms. The molecule has 2 atom stereocenters. The van der Waals surface area contributed by atoms with Gasteiger partial charge >= 0.3 is 11.9 Å². The molecule has 3 aromatic rings. The Labute approximate surface area is 229 Å². The maximum absolute atomic E-state index is 11.3. The Kier molecular flexibility index (Phi) is 10.1. The van der Waals surface area contributed by atoms with Crippen LogP contribution in [0.4, 0.5) is 5.69 Å². The maximum Gasteiger partial charge on any atom is 0.414 e. The summed E-state index contributed by atoms with van der Waals surface area (Å²) in [5, 5.41) is 29.6. The van der Waals surface area contributed by atoms with Gasteiger partial charge in [-0.1, -0.05) is 66.7 Å². The van der Waals surface area contributed by atoms with Crippen molar-refractivity contribution in [2.75, 3.05) is 11.9 Å². The molecule has 8 heteroatoms. The smallest absolute Gasteiger partial charge is 0.414 e. The molecule has 0 saturated carbocycles. The molecule has 208 valence electrons. The summed E-state index contributed by atoms with van der Waals surface area (Å²) in [6.45, 7) is 7.74. The standard InChI is InChI=1S/C29H36N2O2.C2H2O4/c1-29(2,3)30-25-17-15-23-24(28(25)32)16-18-26(33-20-22-13-9-6-10-14-22)27(23)31(4)19-21-11-7-5-8-12-21;3-1(4)2(5)6/h5-14,16,18,25,28,30,32H,15,17,19-20H2,1-4H3;(H,3,4)(H,5,6)/t25-,28-;/m1./s1. The molecular weight excluding hydrogens is 496 g/mol. The van der Waals surface area contributed by atoms with E-state index in [9.17, 15) is 5.11 Å². The second-order valence-electron chi connectivity index (χ2n) is 10.7. The summed E-state index contributed by atoms with van der Waals surface area (Å²) in [6.07, 6.45) is 1.25. The fourth-order valence-electron chi connectivity index (χ4n) is 4.76. The quantitative estimate of drug-likeness (QED) is 0.320. The lowest BCUT2D eigenvalue weighted by molar-refractivity contribution is -0.159. The molecule has 0 bridgehead atoms. The van der Waals surface area contributed by atoms with E-state index < -0.39 is 18.0 Å². The van der Waals surface area contributed by atoms with E-state index in [4.69, 9.17) is 24.5 Å². The van der Waals surface area contributed by atoms with E-state index >= 15 is 0 Å². The molecule has 8 nitrogen and oxygen atoms in total. The van der Waals surface area contributed by atoms with Crippen LogP contribution < -0.4 is 15.0 Å². The molecule has 0 saturated heterocycles. The zero-order chi connectivity index (χ0) is 28.6. The largest absolute Gasteiger partial charge is 0.487 e. The molecule has 1 aliphatic rings. The monoisotopic (exact) mass is 534 g/mol. The van der Waals surface area contributed by atoms with Gasteiger partial charge in [-0.15, -0.1) is 0 Å². The number of nitrogens with one attached hydrogen (secondary N) is 1. The van der Waals surface area contributed by atoms with Gasteiger partial charge in [0.25, 0.3) is 0 Å². The number of aliphatic carboxylic acids is 2. The van der Waals surface area contributed by atoms with Crippen molar-refractivity contribution in [2.45, 2.75) is 64.4 Å². The number of carboxylic acid groups (broad SMARTS) is 2. The Morgan fingerprint density at radius 3 is 2.03 bits per heavy atom. The van der Waals surface area contributed by atoms with Gasteiger partial charge in [0.15, 0.2) is 0 Å². The third kappa shape index (κ3) is 8.56. The van der Waals surface area contributed by atoms with E-state index in [1.807, 2.05) is 30.3 Å². The van der Waals surface area contributed by atoms with Crippen molar-refractivity contribution < 1.29 is 29.6 Å². The molecule has 0 radical (unpaired) electrons. The summed E-state index contributed by atoms with van der Waals surface area (Å²) < 4.78 is 6.35. The van der Waals surface area contributed by atoms with Gasteiger partial charge in [-0.25, -0.2) is 9.59 Å². The van der Waals surface area contributed by atoms with Crippen LogP contribution in [0.5, 0.6) is 5.75 Å². The van der Waals surface area contributed by atoms with Crippen molar-refractivity contribution in [1.82, 2.24) is 5.32 Å². The number of hydrogen-bond donors (Lipinski definition) is 4. The first-order chi connectivity index (χ1) is 18.5. The summed E-state index contributed by atoms with van der Waals surface area (Å²) in [7, 11) is 2.11. The molecule has 0 fully saturated rings. The molecule has 4 N–H and O–H groups in total. The first-order valence-corrected chi connectivity index (χ1v) is 13.0. The molecule has 0 unspecified atom stereocenters. The van der Waals surface area contributed by atoms with Crippen LogP contribution in [-0.4, -0.2) is 45.9 Å². The van der Waals surface area contributed by atoms with Crippen molar-refractivity contribution in [3.63, 3.8) is 0 Å². The lowest BCUT2D eigenvalue weighted by Gasteiger charge is -2.38. The number of carboxylic acids is 2. The lowest BCUT2D eigenvalue weighted by Crippen LogP contribution is -2.48. The molecule has 0 aliphatic heterocycles. The molecular formula is C31H38N2O6. The predicted molar refractivity (Wildman–Crippen MR) is 151 cm³/mol. The second-order valence-corrected chi connectivity index (χ2v) is 10.7. The number of aliphatic hydroxyl groups is 1. The molecule has 0 spiro atoms. The van der Waals surface area contributed by atoms with Crippen molar-refractivity contribution in [1.29, 1.82) is 0 Å². The van der Waals surface area contributed by atoms with Gasteiger partial charge in [-0.05, 0) is 61.9 Å².